The summed E-state index contributed by atoms with van der Waals surface area (Å²) in [6, 6.07) is 9.52. The molecule has 1 aromatic carbocycles. The Morgan fingerprint density at radius 3 is 1.74 bits per heavy atom. The van der Waals surface area contributed by atoms with Crippen LogP contribution in [0.4, 0.5) is 0 Å². The SMILES string of the molecule is CC(CCC(CC(C)C(=O)OCCCS(=O)(=O)O)c1ccccc1)C(=O)OCCCS(=O)(=O)O. The van der Waals surface area contributed by atoms with E-state index in [0.717, 1.165) is 5.56 Å². The van der Waals surface area contributed by atoms with E-state index in [1.165, 1.54) is 0 Å². The van der Waals surface area contributed by atoms with Crippen LogP contribution < -0.4 is 0 Å². The van der Waals surface area contributed by atoms with Crippen molar-refractivity contribution in [3.63, 3.8) is 0 Å². The lowest BCUT2D eigenvalue weighted by Crippen LogP contribution is -2.21. The topological polar surface area (TPSA) is 161 Å². The van der Waals surface area contributed by atoms with Gasteiger partial charge in [-0.3, -0.25) is 18.7 Å². The first-order chi connectivity index (χ1) is 15.8. The van der Waals surface area contributed by atoms with E-state index < -0.39 is 55.5 Å². The molecule has 1 rings (SSSR count). The molecule has 0 bridgehead atoms. The van der Waals surface area contributed by atoms with Crippen molar-refractivity contribution in [3.05, 3.63) is 35.9 Å². The van der Waals surface area contributed by atoms with Crippen LogP contribution in [0.3, 0.4) is 0 Å². The van der Waals surface area contributed by atoms with Crippen molar-refractivity contribution < 1.29 is 45.0 Å². The zero-order valence-electron chi connectivity index (χ0n) is 19.5. The van der Waals surface area contributed by atoms with Crippen LogP contribution in [-0.4, -0.2) is 62.6 Å². The molecule has 194 valence electrons. The minimum atomic E-state index is -4.10. The number of ether oxygens (including phenoxy) is 2. The predicted octanol–water partition coefficient (Wildman–Crippen LogP) is 2.85. The fourth-order valence-electron chi connectivity index (χ4n) is 3.35. The summed E-state index contributed by atoms with van der Waals surface area (Å²) >= 11 is 0. The standard InChI is InChI=1S/C22H34O10S2/c1-17(21(23)31-12-6-14-33(25,26)27)10-11-20(19-8-4-3-5-9-19)16-18(2)22(24)32-13-7-15-34(28,29)30/h3-5,8-9,17-18,20H,6-7,10-16H2,1-2H3,(H,25,26,27)(H,28,29,30). The molecule has 0 radical (unpaired) electrons. The van der Waals surface area contributed by atoms with E-state index in [0.29, 0.717) is 19.3 Å². The first kappa shape index (κ1) is 30.0. The molecular formula is C22H34O10S2. The molecule has 0 aliphatic heterocycles. The summed E-state index contributed by atoms with van der Waals surface area (Å²) in [6.07, 6.45) is 1.53. The number of carbonyl (C=O) groups is 2. The van der Waals surface area contributed by atoms with Crippen LogP contribution in [0.1, 0.15) is 57.4 Å². The summed E-state index contributed by atoms with van der Waals surface area (Å²) in [5, 5.41) is 0. The molecule has 3 atom stereocenters. The third-order valence-electron chi connectivity index (χ3n) is 5.24. The van der Waals surface area contributed by atoms with Crippen molar-refractivity contribution in [2.75, 3.05) is 24.7 Å². The molecule has 34 heavy (non-hydrogen) atoms. The van der Waals surface area contributed by atoms with E-state index in [9.17, 15) is 26.4 Å². The third kappa shape index (κ3) is 13.6. The number of rotatable bonds is 16. The Hall–Kier alpha value is -2.02. The average molecular weight is 523 g/mol. The summed E-state index contributed by atoms with van der Waals surface area (Å²) in [6.45, 7) is 3.21. The van der Waals surface area contributed by atoms with Crippen LogP contribution in [0.15, 0.2) is 30.3 Å². The lowest BCUT2D eigenvalue weighted by atomic mass is 9.84. The van der Waals surface area contributed by atoms with Crippen molar-refractivity contribution in [1.29, 1.82) is 0 Å². The van der Waals surface area contributed by atoms with Crippen molar-refractivity contribution >= 4 is 32.2 Å². The predicted molar refractivity (Wildman–Crippen MR) is 125 cm³/mol. The molecule has 12 heteroatoms. The van der Waals surface area contributed by atoms with Crippen LogP contribution in [0.25, 0.3) is 0 Å². The van der Waals surface area contributed by atoms with Gasteiger partial charge in [0, 0.05) is 0 Å². The van der Waals surface area contributed by atoms with E-state index in [-0.39, 0.29) is 32.0 Å². The van der Waals surface area contributed by atoms with Crippen molar-refractivity contribution in [3.8, 4) is 0 Å². The molecule has 1 aromatic rings. The highest BCUT2D eigenvalue weighted by atomic mass is 32.2. The van der Waals surface area contributed by atoms with Gasteiger partial charge >= 0.3 is 11.9 Å². The maximum atomic E-state index is 12.3. The van der Waals surface area contributed by atoms with E-state index in [1.54, 1.807) is 13.8 Å². The van der Waals surface area contributed by atoms with Crippen LogP contribution in [0.2, 0.25) is 0 Å². The Morgan fingerprint density at radius 1 is 0.794 bits per heavy atom. The molecule has 0 heterocycles. The largest absolute Gasteiger partial charge is 0.465 e. The lowest BCUT2D eigenvalue weighted by Gasteiger charge is -2.22. The van der Waals surface area contributed by atoms with Crippen LogP contribution in [0, 0.1) is 11.8 Å². The maximum Gasteiger partial charge on any atom is 0.308 e. The van der Waals surface area contributed by atoms with Crippen molar-refractivity contribution in [2.24, 2.45) is 11.8 Å². The molecule has 2 N–H and O–H groups in total. The van der Waals surface area contributed by atoms with Crippen molar-refractivity contribution in [1.82, 2.24) is 0 Å². The van der Waals surface area contributed by atoms with Gasteiger partial charge in [0.1, 0.15) is 0 Å². The number of benzene rings is 1. The van der Waals surface area contributed by atoms with Crippen LogP contribution in [0.5, 0.6) is 0 Å². The molecule has 0 spiro atoms. The number of carbonyl (C=O) groups excluding carboxylic acids is 2. The van der Waals surface area contributed by atoms with Crippen LogP contribution >= 0.6 is 0 Å². The van der Waals surface area contributed by atoms with Gasteiger partial charge in [0.15, 0.2) is 0 Å². The number of hydrogen-bond donors (Lipinski definition) is 2. The monoisotopic (exact) mass is 522 g/mol. The molecular weight excluding hydrogens is 488 g/mol. The summed E-state index contributed by atoms with van der Waals surface area (Å²) in [5.74, 6) is -2.86. The summed E-state index contributed by atoms with van der Waals surface area (Å²) < 4.78 is 70.6. The lowest BCUT2D eigenvalue weighted by molar-refractivity contribution is -0.149. The first-order valence-electron chi connectivity index (χ1n) is 11.1. The quantitative estimate of drug-likeness (QED) is 0.188. The fraction of sp³-hybridized carbons (Fsp3) is 0.636. The fourth-order valence-corrected chi connectivity index (χ4v) is 4.32. The van der Waals surface area contributed by atoms with Crippen molar-refractivity contribution in [2.45, 2.75) is 51.9 Å². The second-order valence-electron chi connectivity index (χ2n) is 8.34. The minimum Gasteiger partial charge on any atom is -0.465 e. The molecule has 0 aliphatic rings. The van der Waals surface area contributed by atoms with Gasteiger partial charge in [-0.1, -0.05) is 44.2 Å². The van der Waals surface area contributed by atoms with Crippen LogP contribution in [-0.2, 0) is 39.3 Å². The van der Waals surface area contributed by atoms with Gasteiger partial charge in [-0.15, -0.1) is 0 Å². The Kier molecular flexibility index (Phi) is 12.7. The molecule has 0 aromatic heterocycles. The second-order valence-corrected chi connectivity index (χ2v) is 11.5. The van der Waals surface area contributed by atoms with Gasteiger partial charge in [0.2, 0.25) is 0 Å². The van der Waals surface area contributed by atoms with E-state index in [2.05, 4.69) is 0 Å². The van der Waals surface area contributed by atoms with Gasteiger partial charge < -0.3 is 9.47 Å². The molecule has 0 saturated carbocycles. The van der Waals surface area contributed by atoms with Gasteiger partial charge in [0.25, 0.3) is 20.2 Å². The smallest absolute Gasteiger partial charge is 0.308 e. The summed E-state index contributed by atoms with van der Waals surface area (Å²) in [4.78, 5) is 24.5. The molecule has 3 unspecified atom stereocenters. The third-order valence-corrected chi connectivity index (χ3v) is 6.85. The van der Waals surface area contributed by atoms with Gasteiger partial charge in [-0.05, 0) is 43.6 Å². The Labute approximate surface area is 201 Å². The van der Waals surface area contributed by atoms with Gasteiger partial charge in [-0.25, -0.2) is 0 Å². The van der Waals surface area contributed by atoms with E-state index >= 15 is 0 Å². The highest BCUT2D eigenvalue weighted by Crippen LogP contribution is 2.30. The highest BCUT2D eigenvalue weighted by Gasteiger charge is 2.24. The second kappa shape index (κ2) is 14.4. The minimum absolute atomic E-state index is 0.00324. The molecule has 10 nitrogen and oxygen atoms in total. The highest BCUT2D eigenvalue weighted by molar-refractivity contribution is 7.86. The molecule has 0 fully saturated rings. The van der Waals surface area contributed by atoms with E-state index in [4.69, 9.17) is 18.6 Å². The van der Waals surface area contributed by atoms with Gasteiger partial charge in [0.05, 0.1) is 36.6 Å². The normalized spacial score (nSPS) is 14.7. The number of hydrogen-bond acceptors (Lipinski definition) is 8. The molecule has 0 aliphatic carbocycles. The zero-order chi connectivity index (χ0) is 25.8. The Bertz CT molecular complexity index is 974. The summed E-state index contributed by atoms with van der Waals surface area (Å²) in [7, 11) is -8.20. The Morgan fingerprint density at radius 2 is 1.26 bits per heavy atom. The van der Waals surface area contributed by atoms with Gasteiger partial charge in [-0.2, -0.15) is 16.8 Å². The molecule has 0 saturated heterocycles. The van der Waals surface area contributed by atoms with E-state index in [1.807, 2.05) is 30.3 Å². The average Bonchev–Trinajstić information content (AvgIpc) is 2.75. The zero-order valence-corrected chi connectivity index (χ0v) is 21.1. The first-order valence-corrected chi connectivity index (χ1v) is 14.3. The Balaban J connectivity index is 2.60. The molecule has 0 amide bonds. The number of esters is 2. The maximum absolute atomic E-state index is 12.3. The summed E-state index contributed by atoms with van der Waals surface area (Å²) in [5.41, 5.74) is 1.00.